The smallest absolute Gasteiger partial charge is 0.226 e. The van der Waals surface area contributed by atoms with Crippen LogP contribution in [0.5, 0.6) is 0 Å². The number of aromatic nitrogens is 4. The van der Waals surface area contributed by atoms with E-state index in [1.54, 1.807) is 0 Å². The van der Waals surface area contributed by atoms with Crippen LogP contribution in [0.1, 0.15) is 31.4 Å². The largest absolute Gasteiger partial charge is 0.371 e. The maximum atomic E-state index is 6.10. The van der Waals surface area contributed by atoms with Crippen LogP contribution in [-0.2, 0) is 11.8 Å². The first-order valence-electron chi connectivity index (χ1n) is 8.38. The van der Waals surface area contributed by atoms with Crippen LogP contribution in [0.3, 0.4) is 0 Å². The molecule has 2 aliphatic rings. The minimum Gasteiger partial charge on any atom is -0.371 e. The summed E-state index contributed by atoms with van der Waals surface area (Å²) < 4.78 is 7.93. The number of morpholine rings is 1. The number of hydrogen-bond donors (Lipinski definition) is 0. The van der Waals surface area contributed by atoms with Crippen molar-refractivity contribution in [3.05, 3.63) is 24.2 Å². The van der Waals surface area contributed by atoms with Crippen LogP contribution in [0.25, 0.3) is 11.3 Å². The summed E-state index contributed by atoms with van der Waals surface area (Å²) >= 11 is 0. The second-order valence-corrected chi connectivity index (χ2v) is 6.70. The van der Waals surface area contributed by atoms with Crippen LogP contribution in [0.2, 0.25) is 0 Å². The van der Waals surface area contributed by atoms with Gasteiger partial charge in [0.2, 0.25) is 5.95 Å². The van der Waals surface area contributed by atoms with E-state index < -0.39 is 0 Å². The number of ether oxygens (including phenoxy) is 1. The summed E-state index contributed by atoms with van der Waals surface area (Å²) in [6.07, 6.45) is 8.71. The molecule has 2 fully saturated rings. The number of rotatable bonds is 2. The molecule has 122 valence electrons. The van der Waals surface area contributed by atoms with E-state index in [2.05, 4.69) is 15.0 Å². The van der Waals surface area contributed by atoms with Crippen molar-refractivity contribution in [3.8, 4) is 11.3 Å². The van der Waals surface area contributed by atoms with Gasteiger partial charge in [0, 0.05) is 38.1 Å². The van der Waals surface area contributed by atoms with E-state index in [9.17, 15) is 0 Å². The first kappa shape index (κ1) is 14.6. The van der Waals surface area contributed by atoms with Gasteiger partial charge in [-0.15, -0.1) is 0 Å². The van der Waals surface area contributed by atoms with Crippen molar-refractivity contribution in [1.29, 1.82) is 0 Å². The lowest BCUT2D eigenvalue weighted by atomic mass is 10.00. The highest BCUT2D eigenvalue weighted by molar-refractivity contribution is 5.61. The molecule has 6 heteroatoms. The lowest BCUT2D eigenvalue weighted by Gasteiger charge is -2.40. The quantitative estimate of drug-likeness (QED) is 0.852. The first-order valence-corrected chi connectivity index (χ1v) is 8.38. The van der Waals surface area contributed by atoms with Crippen molar-refractivity contribution in [1.82, 2.24) is 19.7 Å². The minimum atomic E-state index is 0.0296. The summed E-state index contributed by atoms with van der Waals surface area (Å²) in [5, 5.41) is 4.41. The Bertz CT molecular complexity index is 705. The molecule has 1 aliphatic carbocycles. The summed E-state index contributed by atoms with van der Waals surface area (Å²) in [5.74, 6) is 0.806. The molecule has 3 heterocycles. The zero-order valence-corrected chi connectivity index (χ0v) is 13.8. The Morgan fingerprint density at radius 1 is 1.26 bits per heavy atom. The molecule has 2 aromatic rings. The van der Waals surface area contributed by atoms with Crippen molar-refractivity contribution in [2.24, 2.45) is 7.05 Å². The van der Waals surface area contributed by atoms with Crippen molar-refractivity contribution in [2.75, 3.05) is 24.6 Å². The van der Waals surface area contributed by atoms with Gasteiger partial charge in [0.25, 0.3) is 0 Å². The monoisotopic (exact) mass is 313 g/mol. The molecule has 0 amide bonds. The van der Waals surface area contributed by atoms with Crippen LogP contribution >= 0.6 is 0 Å². The summed E-state index contributed by atoms with van der Waals surface area (Å²) in [4.78, 5) is 11.6. The molecule has 0 N–H and O–H groups in total. The van der Waals surface area contributed by atoms with Gasteiger partial charge in [-0.3, -0.25) is 4.68 Å². The minimum absolute atomic E-state index is 0.0296. The number of hydrogen-bond acceptors (Lipinski definition) is 5. The molecular weight excluding hydrogens is 290 g/mol. The normalized spacial score (nSPS) is 20.3. The van der Waals surface area contributed by atoms with Crippen LogP contribution in [0.15, 0.2) is 18.5 Å². The van der Waals surface area contributed by atoms with Gasteiger partial charge < -0.3 is 9.64 Å². The Morgan fingerprint density at radius 2 is 2.09 bits per heavy atom. The fraction of sp³-hybridized carbons (Fsp3) is 0.588. The lowest BCUT2D eigenvalue weighted by Crippen LogP contribution is -2.51. The molecule has 0 bridgehead atoms. The number of nitrogens with zero attached hydrogens (tertiary/aromatic N) is 5. The average Bonchev–Trinajstić information content (AvgIpc) is 3.14. The fourth-order valence-electron chi connectivity index (χ4n) is 3.84. The van der Waals surface area contributed by atoms with E-state index in [0.717, 1.165) is 55.4 Å². The van der Waals surface area contributed by atoms with Gasteiger partial charge in [-0.25, -0.2) is 9.97 Å². The van der Waals surface area contributed by atoms with Gasteiger partial charge in [0.15, 0.2) is 0 Å². The predicted octanol–water partition coefficient (Wildman–Crippen LogP) is 2.33. The van der Waals surface area contributed by atoms with Crippen LogP contribution < -0.4 is 4.90 Å². The van der Waals surface area contributed by atoms with Crippen LogP contribution in [-0.4, -0.2) is 45.0 Å². The SMILES string of the molecule is Cc1nn(C)cc1-c1ccnc(N2CCOC3(CCCC3)C2)n1. The van der Waals surface area contributed by atoms with Gasteiger partial charge in [0.1, 0.15) is 0 Å². The molecule has 0 unspecified atom stereocenters. The van der Waals surface area contributed by atoms with Crippen molar-refractivity contribution >= 4 is 5.95 Å². The molecule has 0 aromatic carbocycles. The van der Waals surface area contributed by atoms with Crippen molar-refractivity contribution in [3.63, 3.8) is 0 Å². The van der Waals surface area contributed by atoms with Gasteiger partial charge in [0.05, 0.1) is 23.6 Å². The molecule has 6 nitrogen and oxygen atoms in total. The molecule has 23 heavy (non-hydrogen) atoms. The molecule has 1 saturated heterocycles. The van der Waals surface area contributed by atoms with Crippen LogP contribution in [0.4, 0.5) is 5.95 Å². The third-order valence-corrected chi connectivity index (χ3v) is 4.98. The standard InChI is InChI=1S/C17H23N5O/c1-13-14(11-21(2)20-13)15-5-8-18-16(19-15)22-9-10-23-17(12-22)6-3-4-7-17/h5,8,11H,3-4,6-7,9-10,12H2,1-2H3. The average molecular weight is 313 g/mol. The van der Waals surface area contributed by atoms with Crippen LogP contribution in [0, 0.1) is 6.92 Å². The predicted molar refractivity (Wildman–Crippen MR) is 88.3 cm³/mol. The van der Waals surface area contributed by atoms with Gasteiger partial charge in [-0.1, -0.05) is 12.8 Å². The Kier molecular flexibility index (Phi) is 3.56. The van der Waals surface area contributed by atoms with E-state index in [1.807, 2.05) is 37.1 Å². The summed E-state index contributed by atoms with van der Waals surface area (Å²) in [6, 6.07) is 1.96. The highest BCUT2D eigenvalue weighted by atomic mass is 16.5. The Morgan fingerprint density at radius 3 is 2.83 bits per heavy atom. The summed E-state index contributed by atoms with van der Waals surface area (Å²) in [5.41, 5.74) is 3.03. The molecule has 1 aliphatic heterocycles. The second kappa shape index (κ2) is 5.60. The lowest BCUT2D eigenvalue weighted by molar-refractivity contribution is -0.0505. The Labute approximate surface area is 136 Å². The molecule has 1 saturated carbocycles. The fourth-order valence-corrected chi connectivity index (χ4v) is 3.84. The maximum absolute atomic E-state index is 6.10. The third kappa shape index (κ3) is 2.72. The first-order chi connectivity index (χ1) is 11.2. The van der Waals surface area contributed by atoms with E-state index in [1.165, 1.54) is 12.8 Å². The zero-order valence-electron chi connectivity index (χ0n) is 13.8. The topological polar surface area (TPSA) is 56.1 Å². The van der Waals surface area contributed by atoms with Gasteiger partial charge >= 0.3 is 0 Å². The van der Waals surface area contributed by atoms with E-state index in [0.29, 0.717) is 0 Å². The molecule has 4 rings (SSSR count). The third-order valence-electron chi connectivity index (χ3n) is 4.98. The Balaban J connectivity index is 1.62. The molecular formula is C17H23N5O. The highest BCUT2D eigenvalue weighted by Crippen LogP contribution is 2.36. The second-order valence-electron chi connectivity index (χ2n) is 6.70. The molecule has 0 atom stereocenters. The molecule has 0 radical (unpaired) electrons. The summed E-state index contributed by atoms with van der Waals surface area (Å²) in [7, 11) is 1.93. The van der Waals surface area contributed by atoms with Crippen molar-refractivity contribution < 1.29 is 4.74 Å². The molecule has 1 spiro atoms. The molecule has 2 aromatic heterocycles. The van der Waals surface area contributed by atoms with Crippen molar-refractivity contribution in [2.45, 2.75) is 38.2 Å². The Hall–Kier alpha value is -1.95. The zero-order chi connectivity index (χ0) is 15.9. The van der Waals surface area contributed by atoms with E-state index in [-0.39, 0.29) is 5.60 Å². The van der Waals surface area contributed by atoms with Gasteiger partial charge in [-0.05, 0) is 25.8 Å². The maximum Gasteiger partial charge on any atom is 0.226 e. The van der Waals surface area contributed by atoms with Gasteiger partial charge in [-0.2, -0.15) is 5.10 Å². The highest BCUT2D eigenvalue weighted by Gasteiger charge is 2.39. The van der Waals surface area contributed by atoms with E-state index >= 15 is 0 Å². The van der Waals surface area contributed by atoms with E-state index in [4.69, 9.17) is 9.72 Å². The summed E-state index contributed by atoms with van der Waals surface area (Å²) in [6.45, 7) is 4.54. The number of anilines is 1. The number of aryl methyl sites for hydroxylation is 2.